The number of hydrogen-bond donors (Lipinski definition) is 0. The van der Waals surface area contributed by atoms with Crippen LogP contribution in [-0.4, -0.2) is 36.7 Å². The van der Waals surface area contributed by atoms with Gasteiger partial charge in [-0.3, -0.25) is 4.79 Å². The molecule has 2 aromatic carbocycles. The van der Waals surface area contributed by atoms with Crippen molar-refractivity contribution in [1.29, 1.82) is 0 Å². The van der Waals surface area contributed by atoms with Gasteiger partial charge in [0.2, 0.25) is 5.66 Å². The first-order valence-corrected chi connectivity index (χ1v) is 9.14. The van der Waals surface area contributed by atoms with Gasteiger partial charge in [0, 0.05) is 23.7 Å². The van der Waals surface area contributed by atoms with Crippen molar-refractivity contribution in [3.63, 3.8) is 0 Å². The molecule has 2 aromatic rings. The maximum atomic E-state index is 13.0. The Morgan fingerprint density at radius 1 is 0.903 bits per heavy atom. The summed E-state index contributed by atoms with van der Waals surface area (Å²) in [6.45, 7) is 1.51. The van der Waals surface area contributed by atoms with E-state index in [1.807, 2.05) is 6.92 Å². The largest absolute Gasteiger partial charge is 0.442 e. The summed E-state index contributed by atoms with van der Waals surface area (Å²) in [7, 11) is 1.46. The summed E-state index contributed by atoms with van der Waals surface area (Å²) < 4.78 is 44.2. The van der Waals surface area contributed by atoms with Crippen molar-refractivity contribution < 1.29 is 27.5 Å². The lowest BCUT2D eigenvalue weighted by Crippen LogP contribution is -2.31. The first-order chi connectivity index (χ1) is 14.6. The van der Waals surface area contributed by atoms with Crippen LogP contribution in [0.5, 0.6) is 0 Å². The van der Waals surface area contributed by atoms with Gasteiger partial charge in [-0.05, 0) is 31.2 Å². The molecule has 0 radical (unpaired) electrons. The summed E-state index contributed by atoms with van der Waals surface area (Å²) in [5, 5.41) is 14.1. The topological polar surface area (TPSA) is 96.0 Å². The van der Waals surface area contributed by atoms with E-state index in [9.17, 15) is 22.8 Å². The fourth-order valence-electron chi connectivity index (χ4n) is 2.92. The molecule has 0 atom stereocenters. The third-order valence-electron chi connectivity index (χ3n) is 5.03. The van der Waals surface area contributed by atoms with E-state index in [2.05, 4.69) is 20.5 Å². The lowest BCUT2D eigenvalue weighted by molar-refractivity contribution is -0.166. The van der Waals surface area contributed by atoms with Gasteiger partial charge in [0.15, 0.2) is 6.73 Å². The zero-order valence-electron chi connectivity index (χ0n) is 16.4. The normalized spacial score (nSPS) is 17.2. The number of carbonyl (C=O) groups is 2. The molecule has 0 unspecified atom stereocenters. The lowest BCUT2D eigenvalue weighted by atomic mass is 10.0. The highest BCUT2D eigenvalue weighted by molar-refractivity contribution is 5.94. The van der Waals surface area contributed by atoms with Crippen molar-refractivity contribution in [2.45, 2.75) is 24.4 Å². The molecular weight excluding hydrogens is 415 g/mol. The van der Waals surface area contributed by atoms with Crippen LogP contribution >= 0.6 is 0 Å². The summed E-state index contributed by atoms with van der Waals surface area (Å²) in [5.74, 6) is -1.15. The number of alkyl halides is 3. The maximum Gasteiger partial charge on any atom is 0.442 e. The fourth-order valence-corrected chi connectivity index (χ4v) is 2.92. The smallest absolute Gasteiger partial charge is 0.441 e. The summed E-state index contributed by atoms with van der Waals surface area (Å²) in [5.41, 5.74) is -1.98. The number of nitrogens with zero attached hydrogens (tertiary/aromatic N) is 5. The van der Waals surface area contributed by atoms with Gasteiger partial charge in [0.25, 0.3) is 5.91 Å². The van der Waals surface area contributed by atoms with E-state index in [0.717, 1.165) is 17.7 Å². The molecule has 31 heavy (non-hydrogen) atoms. The van der Waals surface area contributed by atoms with Gasteiger partial charge in [0.1, 0.15) is 0 Å². The molecule has 0 aliphatic carbocycles. The van der Waals surface area contributed by atoms with Crippen molar-refractivity contribution in [3.8, 4) is 0 Å². The number of amides is 1. The summed E-state index contributed by atoms with van der Waals surface area (Å²) in [4.78, 5) is 25.9. The highest BCUT2D eigenvalue weighted by Crippen LogP contribution is 2.52. The molecule has 0 fully saturated rings. The number of carbonyl (C=O) groups excluding carboxylic acids is 2. The number of rotatable bonds is 6. The maximum absolute atomic E-state index is 13.0. The van der Waals surface area contributed by atoms with Gasteiger partial charge in [-0.25, -0.2) is 4.79 Å². The minimum absolute atomic E-state index is 0.0390. The van der Waals surface area contributed by atoms with Gasteiger partial charge in [-0.2, -0.15) is 23.4 Å². The molecule has 1 amide bonds. The zero-order valence-corrected chi connectivity index (χ0v) is 16.4. The van der Waals surface area contributed by atoms with E-state index in [1.165, 1.54) is 24.1 Å². The van der Waals surface area contributed by atoms with Crippen LogP contribution in [0.25, 0.3) is 0 Å². The second-order valence-corrected chi connectivity index (χ2v) is 7.31. The number of halogens is 3. The Balaban J connectivity index is 1.33. The van der Waals surface area contributed by atoms with E-state index in [0.29, 0.717) is 5.56 Å². The lowest BCUT2D eigenvalue weighted by Gasteiger charge is -2.18. The van der Waals surface area contributed by atoms with Crippen LogP contribution in [0.15, 0.2) is 69.0 Å². The number of benzene rings is 2. The van der Waals surface area contributed by atoms with Crippen LogP contribution in [0.2, 0.25) is 0 Å². The molecule has 0 aromatic heterocycles. The van der Waals surface area contributed by atoms with Crippen LogP contribution in [0, 0.1) is 0 Å². The second-order valence-electron chi connectivity index (χ2n) is 7.31. The molecule has 0 saturated heterocycles. The standard InChI is InChI=1S/C20H16F3N5O3/c1-18(24-25-18)14-7-3-12(4-8-14)16(29)28(2)11-31-17(30)13-5-9-15(10-6-13)19(26-27-19)20(21,22)23/h3-10H,11H2,1-2H3. The predicted octanol–water partition coefficient (Wildman–Crippen LogP) is 4.39. The Labute approximate surface area is 174 Å². The Morgan fingerprint density at radius 3 is 1.90 bits per heavy atom. The molecule has 0 N–H and O–H groups in total. The van der Waals surface area contributed by atoms with Gasteiger partial charge >= 0.3 is 17.8 Å². The van der Waals surface area contributed by atoms with Crippen molar-refractivity contribution in [2.24, 2.45) is 20.5 Å². The first kappa shape index (κ1) is 20.6. The molecule has 4 rings (SSSR count). The summed E-state index contributed by atoms with van der Waals surface area (Å²) >= 11 is 0. The van der Waals surface area contributed by atoms with Crippen molar-refractivity contribution in [1.82, 2.24) is 4.90 Å². The molecule has 2 heterocycles. The van der Waals surface area contributed by atoms with Crippen LogP contribution in [0.4, 0.5) is 13.2 Å². The molecule has 160 valence electrons. The van der Waals surface area contributed by atoms with E-state index in [-0.39, 0.29) is 23.8 Å². The zero-order chi connectivity index (χ0) is 22.4. The molecule has 0 saturated carbocycles. The van der Waals surface area contributed by atoms with Crippen molar-refractivity contribution in [2.75, 3.05) is 13.8 Å². The number of hydrogen-bond acceptors (Lipinski definition) is 7. The van der Waals surface area contributed by atoms with E-state index in [1.54, 1.807) is 24.3 Å². The summed E-state index contributed by atoms with van der Waals surface area (Å²) in [6.07, 6.45) is -4.64. The van der Waals surface area contributed by atoms with Crippen LogP contribution in [0.1, 0.15) is 38.8 Å². The number of ether oxygens (including phenoxy) is 1. The average Bonchev–Trinajstić information content (AvgIpc) is 3.67. The monoisotopic (exact) mass is 431 g/mol. The van der Waals surface area contributed by atoms with Crippen LogP contribution in [-0.2, 0) is 16.1 Å². The quantitative estimate of drug-likeness (QED) is 0.501. The van der Waals surface area contributed by atoms with E-state index >= 15 is 0 Å². The van der Waals surface area contributed by atoms with E-state index < -0.39 is 23.5 Å². The highest BCUT2D eigenvalue weighted by atomic mass is 19.4. The molecule has 2 aliphatic heterocycles. The molecule has 0 bridgehead atoms. The molecule has 11 heteroatoms. The minimum atomic E-state index is -4.64. The molecular formula is C20H16F3N5O3. The Bertz CT molecular complexity index is 1080. The van der Waals surface area contributed by atoms with Crippen molar-refractivity contribution >= 4 is 11.9 Å². The predicted molar refractivity (Wildman–Crippen MR) is 100 cm³/mol. The Hall–Kier alpha value is -3.63. The Morgan fingerprint density at radius 2 is 1.42 bits per heavy atom. The molecule has 2 aliphatic rings. The minimum Gasteiger partial charge on any atom is -0.441 e. The van der Waals surface area contributed by atoms with Gasteiger partial charge < -0.3 is 9.64 Å². The average molecular weight is 431 g/mol. The van der Waals surface area contributed by atoms with Crippen LogP contribution in [0.3, 0.4) is 0 Å². The van der Waals surface area contributed by atoms with Crippen molar-refractivity contribution in [3.05, 3.63) is 70.8 Å². The Kier molecular flexibility index (Phi) is 4.64. The number of esters is 1. The molecule has 8 nitrogen and oxygen atoms in total. The van der Waals surface area contributed by atoms with E-state index in [4.69, 9.17) is 4.74 Å². The SMILES string of the molecule is CN(COC(=O)c1ccc(C2(C(F)(F)F)N=N2)cc1)C(=O)c1ccc(C2(C)N=N2)cc1. The molecule has 0 spiro atoms. The third kappa shape index (κ3) is 3.78. The second kappa shape index (κ2) is 6.96. The van der Waals surface area contributed by atoms with Gasteiger partial charge in [0.05, 0.1) is 5.56 Å². The van der Waals surface area contributed by atoms with Crippen LogP contribution < -0.4 is 0 Å². The summed E-state index contributed by atoms with van der Waals surface area (Å²) in [6, 6.07) is 11.4. The third-order valence-corrected chi connectivity index (χ3v) is 5.03. The van der Waals surface area contributed by atoms with Gasteiger partial charge in [-0.1, -0.05) is 24.3 Å². The van der Waals surface area contributed by atoms with Gasteiger partial charge in [-0.15, -0.1) is 10.2 Å². The first-order valence-electron chi connectivity index (χ1n) is 9.14. The fraction of sp³-hybridized carbons (Fsp3) is 0.300. The highest BCUT2D eigenvalue weighted by Gasteiger charge is 2.65.